The fourth-order valence-electron chi connectivity index (χ4n) is 3.54. The molecule has 1 heterocycles. The summed E-state index contributed by atoms with van der Waals surface area (Å²) in [5, 5.41) is 0. The van der Waals surface area contributed by atoms with Crippen LogP contribution in [0.3, 0.4) is 0 Å². The molecule has 0 amide bonds. The second-order valence-corrected chi connectivity index (χ2v) is 9.48. The molecular weight excluding hydrogens is 422 g/mol. The van der Waals surface area contributed by atoms with Crippen LogP contribution in [0, 0.1) is 6.92 Å². The summed E-state index contributed by atoms with van der Waals surface area (Å²) < 4.78 is 33.6. The van der Waals surface area contributed by atoms with Crippen molar-refractivity contribution in [2.75, 3.05) is 0 Å². The van der Waals surface area contributed by atoms with Crippen LogP contribution in [0.15, 0.2) is 111 Å². The Morgan fingerprint density at radius 3 is 1.75 bits per heavy atom. The zero-order chi connectivity index (χ0) is 22.6. The molecule has 4 aromatic rings. The summed E-state index contributed by atoms with van der Waals surface area (Å²) in [5.41, 5.74) is 2.82. The van der Waals surface area contributed by atoms with E-state index < -0.39 is 15.6 Å². The molecule has 0 saturated carbocycles. The lowest BCUT2D eigenvalue weighted by Gasteiger charge is -2.23. The molecule has 32 heavy (non-hydrogen) atoms. The fraction of sp³-hybridized carbons (Fsp3) is 0.115. The molecule has 5 nitrogen and oxygen atoms in total. The van der Waals surface area contributed by atoms with Gasteiger partial charge in [0.25, 0.3) is 0 Å². The summed E-state index contributed by atoms with van der Waals surface area (Å²) in [7, 11) is -3.76. The maximum atomic E-state index is 13.6. The standard InChI is InChI=1S/C26H23NO4S/c1-20-16-24(17-26(28)31-20)23-12-14-25(15-13-23)32(29,30)27(18-21-8-4-2-5-9-21)19-22-10-6-3-7-11-22/h2-17H,18-19H2,1H3. The molecule has 3 aromatic carbocycles. The molecule has 0 radical (unpaired) electrons. The van der Waals surface area contributed by atoms with E-state index in [4.69, 9.17) is 4.42 Å². The van der Waals surface area contributed by atoms with Gasteiger partial charge in [-0.15, -0.1) is 0 Å². The first-order valence-corrected chi connectivity index (χ1v) is 11.7. The highest BCUT2D eigenvalue weighted by atomic mass is 32.2. The van der Waals surface area contributed by atoms with Gasteiger partial charge in [0, 0.05) is 19.2 Å². The van der Waals surface area contributed by atoms with Gasteiger partial charge < -0.3 is 4.42 Å². The van der Waals surface area contributed by atoms with E-state index in [0.29, 0.717) is 11.3 Å². The van der Waals surface area contributed by atoms with Crippen molar-refractivity contribution >= 4 is 10.0 Å². The Balaban J connectivity index is 1.67. The van der Waals surface area contributed by atoms with E-state index >= 15 is 0 Å². The van der Waals surface area contributed by atoms with Crippen LogP contribution in [0.25, 0.3) is 11.1 Å². The Morgan fingerprint density at radius 2 is 1.25 bits per heavy atom. The molecule has 0 atom stereocenters. The summed E-state index contributed by atoms with van der Waals surface area (Å²) >= 11 is 0. The quantitative estimate of drug-likeness (QED) is 0.401. The maximum Gasteiger partial charge on any atom is 0.336 e. The minimum absolute atomic E-state index is 0.202. The Morgan fingerprint density at radius 1 is 0.719 bits per heavy atom. The van der Waals surface area contributed by atoms with E-state index in [1.54, 1.807) is 37.3 Å². The van der Waals surface area contributed by atoms with Crippen LogP contribution >= 0.6 is 0 Å². The number of benzene rings is 3. The van der Waals surface area contributed by atoms with Crippen LogP contribution < -0.4 is 5.63 Å². The van der Waals surface area contributed by atoms with Crippen LogP contribution in [0.2, 0.25) is 0 Å². The average Bonchev–Trinajstić information content (AvgIpc) is 2.79. The first kappa shape index (κ1) is 21.7. The van der Waals surface area contributed by atoms with Crippen LogP contribution in [-0.2, 0) is 23.1 Å². The summed E-state index contributed by atoms with van der Waals surface area (Å²) in [6, 6.07) is 28.8. The van der Waals surface area contributed by atoms with Crippen LogP contribution in [0.4, 0.5) is 0 Å². The predicted octanol–water partition coefficient (Wildman–Crippen LogP) is 5.01. The smallest absolute Gasteiger partial charge is 0.336 e. The van der Waals surface area contributed by atoms with Crippen molar-refractivity contribution in [1.29, 1.82) is 0 Å². The molecule has 0 spiro atoms. The maximum absolute atomic E-state index is 13.6. The lowest BCUT2D eigenvalue weighted by atomic mass is 10.1. The van der Waals surface area contributed by atoms with E-state index in [0.717, 1.165) is 16.7 Å². The van der Waals surface area contributed by atoms with Gasteiger partial charge in [0.05, 0.1) is 4.90 Å². The molecule has 162 valence electrons. The van der Waals surface area contributed by atoms with Gasteiger partial charge in [-0.2, -0.15) is 4.31 Å². The third-order valence-corrected chi connectivity index (χ3v) is 6.93. The van der Waals surface area contributed by atoms with Crippen molar-refractivity contribution in [3.8, 4) is 11.1 Å². The van der Waals surface area contributed by atoms with Crippen molar-refractivity contribution in [2.45, 2.75) is 24.9 Å². The molecule has 0 fully saturated rings. The third-order valence-electron chi connectivity index (χ3n) is 5.12. The van der Waals surface area contributed by atoms with E-state index in [9.17, 15) is 13.2 Å². The van der Waals surface area contributed by atoms with Crippen LogP contribution in [0.1, 0.15) is 16.9 Å². The predicted molar refractivity (Wildman–Crippen MR) is 124 cm³/mol. The summed E-state index contributed by atoms with van der Waals surface area (Å²) in [6.07, 6.45) is 0. The van der Waals surface area contributed by atoms with Crippen molar-refractivity contribution in [1.82, 2.24) is 4.31 Å². The second kappa shape index (κ2) is 9.34. The highest BCUT2D eigenvalue weighted by Gasteiger charge is 2.25. The largest absolute Gasteiger partial charge is 0.428 e. The second-order valence-electron chi connectivity index (χ2n) is 7.54. The zero-order valence-corrected chi connectivity index (χ0v) is 18.5. The van der Waals surface area contributed by atoms with E-state index in [-0.39, 0.29) is 18.0 Å². The highest BCUT2D eigenvalue weighted by molar-refractivity contribution is 7.89. The molecule has 0 saturated heterocycles. The van der Waals surface area contributed by atoms with E-state index in [1.807, 2.05) is 60.7 Å². The Labute approximate surface area is 187 Å². The molecule has 0 N–H and O–H groups in total. The Bertz CT molecular complexity index is 1310. The van der Waals surface area contributed by atoms with Crippen molar-refractivity contribution in [2.24, 2.45) is 0 Å². The molecule has 0 aliphatic rings. The Kier molecular flexibility index (Phi) is 6.35. The number of hydrogen-bond donors (Lipinski definition) is 0. The van der Waals surface area contributed by atoms with Crippen molar-refractivity contribution in [3.05, 3.63) is 124 Å². The number of aryl methyl sites for hydroxylation is 1. The van der Waals surface area contributed by atoms with Crippen molar-refractivity contribution < 1.29 is 12.8 Å². The Hall–Kier alpha value is -3.48. The van der Waals surface area contributed by atoms with Gasteiger partial charge >= 0.3 is 5.63 Å². The van der Waals surface area contributed by atoms with Gasteiger partial charge in [0.15, 0.2) is 0 Å². The topological polar surface area (TPSA) is 67.6 Å². The fourth-order valence-corrected chi connectivity index (χ4v) is 4.96. The van der Waals surface area contributed by atoms with Crippen molar-refractivity contribution in [3.63, 3.8) is 0 Å². The molecular formula is C26H23NO4S. The van der Waals surface area contributed by atoms with E-state index in [1.165, 1.54) is 10.4 Å². The molecule has 6 heteroatoms. The summed E-state index contributed by atoms with van der Waals surface area (Å²) in [4.78, 5) is 11.9. The first-order chi connectivity index (χ1) is 15.4. The van der Waals surface area contributed by atoms with Gasteiger partial charge in [-0.05, 0) is 47.4 Å². The molecule has 4 rings (SSSR count). The minimum Gasteiger partial charge on any atom is -0.428 e. The minimum atomic E-state index is -3.76. The molecule has 0 aliphatic heterocycles. The number of sulfonamides is 1. The summed E-state index contributed by atoms with van der Waals surface area (Å²) in [5.74, 6) is 0.501. The SMILES string of the molecule is Cc1cc(-c2ccc(S(=O)(=O)N(Cc3ccccc3)Cc3ccccc3)cc2)cc(=O)o1. The lowest BCUT2D eigenvalue weighted by molar-refractivity contribution is 0.401. The van der Waals surface area contributed by atoms with Gasteiger partial charge in [-0.1, -0.05) is 72.8 Å². The normalized spacial score (nSPS) is 11.6. The number of nitrogens with zero attached hydrogens (tertiary/aromatic N) is 1. The van der Waals surface area contributed by atoms with Gasteiger partial charge in [-0.3, -0.25) is 0 Å². The molecule has 0 bridgehead atoms. The van der Waals surface area contributed by atoms with Gasteiger partial charge in [-0.25, -0.2) is 13.2 Å². The number of hydrogen-bond acceptors (Lipinski definition) is 4. The molecule has 0 unspecified atom stereocenters. The average molecular weight is 446 g/mol. The molecule has 1 aromatic heterocycles. The first-order valence-electron chi connectivity index (χ1n) is 10.2. The van der Waals surface area contributed by atoms with Gasteiger partial charge in [0.1, 0.15) is 5.76 Å². The zero-order valence-electron chi connectivity index (χ0n) is 17.6. The monoisotopic (exact) mass is 445 g/mol. The number of rotatable bonds is 7. The molecule has 0 aliphatic carbocycles. The summed E-state index contributed by atoms with van der Waals surface area (Å²) in [6.45, 7) is 2.23. The van der Waals surface area contributed by atoms with Gasteiger partial charge in [0.2, 0.25) is 10.0 Å². The third kappa shape index (κ3) is 5.04. The van der Waals surface area contributed by atoms with E-state index in [2.05, 4.69) is 0 Å². The van der Waals surface area contributed by atoms with Crippen LogP contribution in [0.5, 0.6) is 0 Å². The highest BCUT2D eigenvalue weighted by Crippen LogP contribution is 2.25. The lowest BCUT2D eigenvalue weighted by Crippen LogP contribution is -2.30. The van der Waals surface area contributed by atoms with Crippen LogP contribution in [-0.4, -0.2) is 12.7 Å².